The number of ketones is 1. The molecule has 2 aromatic heterocycles. The molecule has 0 unspecified atom stereocenters. The van der Waals surface area contributed by atoms with Gasteiger partial charge in [0.25, 0.3) is 5.56 Å². The minimum atomic E-state index is -0.266. The molecule has 0 amide bonds. The molecule has 4 nitrogen and oxygen atoms in total. The standard InChI is InChI=1S/C17H13ClN2O2S/c1-10-15(14-7-4-8-23-14)17(22)20(19-16(10)11(2)21)13-6-3-5-12(18)9-13/h3-9H,1-2H3. The minimum absolute atomic E-state index is 0.184. The van der Waals surface area contributed by atoms with E-state index in [0.717, 1.165) is 4.88 Å². The zero-order valence-electron chi connectivity index (χ0n) is 12.5. The van der Waals surface area contributed by atoms with Gasteiger partial charge in [-0.3, -0.25) is 9.59 Å². The quantitative estimate of drug-likeness (QED) is 0.671. The van der Waals surface area contributed by atoms with E-state index in [1.165, 1.54) is 22.9 Å². The Kier molecular flexibility index (Phi) is 4.15. The van der Waals surface area contributed by atoms with Gasteiger partial charge in [0.2, 0.25) is 0 Å². The molecule has 0 aliphatic rings. The smallest absolute Gasteiger partial charge is 0.280 e. The third-order valence-corrected chi connectivity index (χ3v) is 4.61. The second-order valence-electron chi connectivity index (χ2n) is 5.08. The van der Waals surface area contributed by atoms with Gasteiger partial charge in [0, 0.05) is 16.8 Å². The lowest BCUT2D eigenvalue weighted by Gasteiger charge is -2.12. The first-order valence-corrected chi connectivity index (χ1v) is 8.19. The molecule has 2 heterocycles. The van der Waals surface area contributed by atoms with Gasteiger partial charge in [0.05, 0.1) is 11.3 Å². The Balaban J connectivity index is 2.38. The van der Waals surface area contributed by atoms with Crippen molar-refractivity contribution >= 4 is 28.7 Å². The lowest BCUT2D eigenvalue weighted by Crippen LogP contribution is -2.26. The number of thiophene rings is 1. The Morgan fingerprint density at radius 1 is 1.26 bits per heavy atom. The number of hydrogen-bond donors (Lipinski definition) is 0. The highest BCUT2D eigenvalue weighted by molar-refractivity contribution is 7.13. The number of nitrogens with zero attached hydrogens (tertiary/aromatic N) is 2. The summed E-state index contributed by atoms with van der Waals surface area (Å²) in [4.78, 5) is 25.7. The Bertz CT molecular complexity index is 946. The van der Waals surface area contributed by atoms with E-state index < -0.39 is 0 Å². The topological polar surface area (TPSA) is 52.0 Å². The van der Waals surface area contributed by atoms with Crippen molar-refractivity contribution in [2.24, 2.45) is 0 Å². The van der Waals surface area contributed by atoms with Crippen LogP contribution in [0, 0.1) is 6.92 Å². The Hall–Kier alpha value is -2.24. The van der Waals surface area contributed by atoms with E-state index in [4.69, 9.17) is 11.6 Å². The van der Waals surface area contributed by atoms with Crippen molar-refractivity contribution in [2.75, 3.05) is 0 Å². The maximum atomic E-state index is 12.9. The molecule has 1 aromatic carbocycles. The highest BCUT2D eigenvalue weighted by Crippen LogP contribution is 2.26. The summed E-state index contributed by atoms with van der Waals surface area (Å²) in [6.07, 6.45) is 0. The molecular formula is C17H13ClN2O2S. The SMILES string of the molecule is CC(=O)c1nn(-c2cccc(Cl)c2)c(=O)c(-c2cccs2)c1C. The monoisotopic (exact) mass is 344 g/mol. The molecule has 0 fully saturated rings. The number of aromatic nitrogens is 2. The molecule has 0 bridgehead atoms. The van der Waals surface area contributed by atoms with Crippen LogP contribution in [0.15, 0.2) is 46.6 Å². The van der Waals surface area contributed by atoms with Crippen LogP contribution in [0.4, 0.5) is 0 Å². The number of carbonyl (C=O) groups excluding carboxylic acids is 1. The van der Waals surface area contributed by atoms with Crippen LogP contribution in [0.3, 0.4) is 0 Å². The van der Waals surface area contributed by atoms with Gasteiger partial charge in [0.15, 0.2) is 5.78 Å². The van der Waals surface area contributed by atoms with Crippen LogP contribution in [0.5, 0.6) is 0 Å². The summed E-state index contributed by atoms with van der Waals surface area (Å²) in [5, 5.41) is 6.65. The van der Waals surface area contributed by atoms with Crippen molar-refractivity contribution in [1.82, 2.24) is 9.78 Å². The van der Waals surface area contributed by atoms with Gasteiger partial charge in [-0.15, -0.1) is 11.3 Å². The largest absolute Gasteiger partial charge is 0.293 e. The molecule has 3 aromatic rings. The summed E-state index contributed by atoms with van der Waals surface area (Å²) in [5.41, 5.74) is 1.65. The average Bonchev–Trinajstić information content (AvgIpc) is 3.01. The summed E-state index contributed by atoms with van der Waals surface area (Å²) in [6, 6.07) is 10.6. The predicted octanol–water partition coefficient (Wildman–Crippen LogP) is 4.13. The molecular weight excluding hydrogens is 332 g/mol. The van der Waals surface area contributed by atoms with Crippen molar-refractivity contribution in [3.8, 4) is 16.1 Å². The minimum Gasteiger partial charge on any atom is -0.293 e. The Labute approximate surface area is 142 Å². The summed E-state index contributed by atoms with van der Waals surface area (Å²) in [7, 11) is 0. The number of carbonyl (C=O) groups is 1. The van der Waals surface area contributed by atoms with Crippen LogP contribution >= 0.6 is 22.9 Å². The highest BCUT2D eigenvalue weighted by atomic mass is 35.5. The molecule has 0 spiro atoms. The fraction of sp³-hybridized carbons (Fsp3) is 0.118. The van der Waals surface area contributed by atoms with Crippen LogP contribution in [0.2, 0.25) is 5.02 Å². The van der Waals surface area contributed by atoms with Crippen LogP contribution in [0.25, 0.3) is 16.1 Å². The molecule has 0 saturated heterocycles. The normalized spacial score (nSPS) is 10.7. The van der Waals surface area contributed by atoms with Crippen molar-refractivity contribution in [2.45, 2.75) is 13.8 Å². The van der Waals surface area contributed by atoms with Gasteiger partial charge >= 0.3 is 0 Å². The van der Waals surface area contributed by atoms with E-state index in [1.54, 1.807) is 31.2 Å². The van der Waals surface area contributed by atoms with Crippen molar-refractivity contribution in [3.63, 3.8) is 0 Å². The molecule has 0 atom stereocenters. The van der Waals surface area contributed by atoms with Gasteiger partial charge in [0.1, 0.15) is 5.69 Å². The maximum absolute atomic E-state index is 12.9. The second kappa shape index (κ2) is 6.10. The van der Waals surface area contributed by atoms with Crippen LogP contribution in [0.1, 0.15) is 23.0 Å². The number of halogens is 1. The second-order valence-corrected chi connectivity index (χ2v) is 6.46. The first-order chi connectivity index (χ1) is 11.0. The summed E-state index contributed by atoms with van der Waals surface area (Å²) < 4.78 is 1.24. The Morgan fingerprint density at radius 3 is 2.65 bits per heavy atom. The van der Waals surface area contributed by atoms with E-state index in [-0.39, 0.29) is 17.0 Å². The molecule has 23 heavy (non-hydrogen) atoms. The lowest BCUT2D eigenvalue weighted by molar-refractivity contribution is 0.101. The third kappa shape index (κ3) is 2.85. The molecule has 0 radical (unpaired) electrons. The molecule has 0 aliphatic carbocycles. The van der Waals surface area contributed by atoms with Gasteiger partial charge in [-0.1, -0.05) is 23.7 Å². The Morgan fingerprint density at radius 2 is 2.04 bits per heavy atom. The van der Waals surface area contributed by atoms with Crippen molar-refractivity contribution < 1.29 is 4.79 Å². The van der Waals surface area contributed by atoms with Gasteiger partial charge in [-0.05, 0) is 42.1 Å². The number of rotatable bonds is 3. The number of hydrogen-bond acceptors (Lipinski definition) is 4. The van der Waals surface area contributed by atoms with E-state index in [2.05, 4.69) is 5.10 Å². The number of Topliss-reactive ketones (excluding diaryl/α,β-unsaturated/α-hetero) is 1. The highest BCUT2D eigenvalue weighted by Gasteiger charge is 2.19. The molecule has 116 valence electrons. The summed E-state index contributed by atoms with van der Waals surface area (Å²) in [5.74, 6) is -0.184. The molecule has 6 heteroatoms. The zero-order chi connectivity index (χ0) is 16.6. The van der Waals surface area contributed by atoms with E-state index >= 15 is 0 Å². The summed E-state index contributed by atoms with van der Waals surface area (Å²) >= 11 is 7.47. The summed E-state index contributed by atoms with van der Waals surface area (Å²) in [6.45, 7) is 3.20. The van der Waals surface area contributed by atoms with Crippen molar-refractivity contribution in [3.05, 3.63) is 68.4 Å². The van der Waals surface area contributed by atoms with E-state index in [9.17, 15) is 9.59 Å². The lowest BCUT2D eigenvalue weighted by atomic mass is 10.1. The first-order valence-electron chi connectivity index (χ1n) is 6.93. The van der Waals surface area contributed by atoms with Crippen molar-refractivity contribution in [1.29, 1.82) is 0 Å². The molecule has 0 aliphatic heterocycles. The fourth-order valence-electron chi connectivity index (χ4n) is 2.43. The first kappa shape index (κ1) is 15.6. The molecule has 0 saturated carbocycles. The van der Waals surface area contributed by atoms with Crippen LogP contribution in [-0.2, 0) is 0 Å². The molecule has 0 N–H and O–H groups in total. The fourth-order valence-corrected chi connectivity index (χ4v) is 3.44. The maximum Gasteiger partial charge on any atom is 0.280 e. The van der Waals surface area contributed by atoms with E-state index in [1.807, 2.05) is 17.5 Å². The van der Waals surface area contributed by atoms with Gasteiger partial charge in [-0.2, -0.15) is 9.78 Å². The third-order valence-electron chi connectivity index (χ3n) is 3.49. The predicted molar refractivity (Wildman–Crippen MR) is 92.9 cm³/mol. The van der Waals surface area contributed by atoms with Gasteiger partial charge < -0.3 is 0 Å². The van der Waals surface area contributed by atoms with Crippen LogP contribution < -0.4 is 5.56 Å². The van der Waals surface area contributed by atoms with E-state index in [0.29, 0.717) is 21.8 Å². The average molecular weight is 345 g/mol. The number of benzene rings is 1. The van der Waals surface area contributed by atoms with Gasteiger partial charge in [-0.25, -0.2) is 0 Å². The zero-order valence-corrected chi connectivity index (χ0v) is 14.1. The van der Waals surface area contributed by atoms with Crippen LogP contribution in [-0.4, -0.2) is 15.6 Å². The molecule has 3 rings (SSSR count).